The molecule has 34 heavy (non-hydrogen) atoms. The van der Waals surface area contributed by atoms with E-state index < -0.39 is 0 Å². The molecular formula is C26H30N6OS. The maximum atomic E-state index is 12.7. The van der Waals surface area contributed by atoms with Crippen LogP contribution in [0.25, 0.3) is 21.1 Å². The van der Waals surface area contributed by atoms with E-state index in [1.54, 1.807) is 11.3 Å². The standard InChI is InChI=1S/C26H30N6OS/c33-25-24-19-10-11-27-17-21(19)34-26(24)30-22(29-25)7-3-4-12-31-13-15-32(16-14-31)23-9-8-18-5-1-2-6-20(18)28-23/h1-2,5-6,8-9,27H,3-4,7,10-17H2,(H,29,30,33). The number of para-hydroxylation sites is 1. The Bertz CT molecular complexity index is 1370. The van der Waals surface area contributed by atoms with Gasteiger partial charge in [0, 0.05) is 49.4 Å². The molecule has 0 amide bonds. The number of nitrogens with one attached hydrogen (secondary N) is 2. The van der Waals surface area contributed by atoms with Crippen LogP contribution in [0.1, 0.15) is 29.1 Å². The number of anilines is 1. The number of fused-ring (bicyclic) bond motifs is 4. The predicted molar refractivity (Wildman–Crippen MR) is 139 cm³/mol. The molecule has 2 N–H and O–H groups in total. The lowest BCUT2D eigenvalue weighted by atomic mass is 10.1. The van der Waals surface area contributed by atoms with E-state index in [4.69, 9.17) is 9.97 Å². The summed E-state index contributed by atoms with van der Waals surface area (Å²) in [5.41, 5.74) is 2.31. The van der Waals surface area contributed by atoms with Crippen LogP contribution in [0.3, 0.4) is 0 Å². The number of aromatic nitrogens is 3. The zero-order chi connectivity index (χ0) is 22.9. The Morgan fingerprint density at radius 1 is 1.00 bits per heavy atom. The quantitative estimate of drug-likeness (QED) is 0.418. The Balaban J connectivity index is 1.00. The molecule has 8 heteroatoms. The fourth-order valence-corrected chi connectivity index (χ4v) is 6.36. The van der Waals surface area contributed by atoms with Gasteiger partial charge in [-0.1, -0.05) is 18.2 Å². The van der Waals surface area contributed by atoms with Gasteiger partial charge in [-0.3, -0.25) is 9.69 Å². The third-order valence-corrected chi connectivity index (χ3v) is 8.17. The van der Waals surface area contributed by atoms with Crippen molar-refractivity contribution in [2.45, 2.75) is 32.2 Å². The smallest absolute Gasteiger partial charge is 0.259 e. The molecule has 2 aliphatic heterocycles. The molecular weight excluding hydrogens is 444 g/mol. The van der Waals surface area contributed by atoms with Crippen molar-refractivity contribution in [3.05, 3.63) is 63.0 Å². The highest BCUT2D eigenvalue weighted by Gasteiger charge is 2.20. The minimum absolute atomic E-state index is 0.0396. The number of H-pyrrole nitrogens is 1. The lowest BCUT2D eigenvalue weighted by Crippen LogP contribution is -2.46. The van der Waals surface area contributed by atoms with Crippen molar-refractivity contribution >= 4 is 38.3 Å². The highest BCUT2D eigenvalue weighted by molar-refractivity contribution is 7.18. The second-order valence-electron chi connectivity index (χ2n) is 9.27. The summed E-state index contributed by atoms with van der Waals surface area (Å²) in [6.45, 7) is 7.02. The summed E-state index contributed by atoms with van der Waals surface area (Å²) < 4.78 is 0. The summed E-state index contributed by atoms with van der Waals surface area (Å²) >= 11 is 1.68. The van der Waals surface area contributed by atoms with Gasteiger partial charge in [0.05, 0.1) is 10.9 Å². The number of unbranched alkanes of at least 4 members (excludes halogenated alkanes) is 1. The maximum absolute atomic E-state index is 12.7. The van der Waals surface area contributed by atoms with Crippen LogP contribution in [0, 0.1) is 0 Å². The predicted octanol–water partition coefficient (Wildman–Crippen LogP) is 3.32. The Kier molecular flexibility index (Phi) is 6.03. The van der Waals surface area contributed by atoms with Crippen molar-refractivity contribution in [1.29, 1.82) is 0 Å². The van der Waals surface area contributed by atoms with Gasteiger partial charge >= 0.3 is 0 Å². The van der Waals surface area contributed by atoms with E-state index in [1.807, 2.05) is 6.07 Å². The summed E-state index contributed by atoms with van der Waals surface area (Å²) in [6.07, 6.45) is 3.89. The second kappa shape index (κ2) is 9.44. The van der Waals surface area contributed by atoms with E-state index >= 15 is 0 Å². The first-order chi connectivity index (χ1) is 16.7. The third kappa shape index (κ3) is 4.33. The summed E-state index contributed by atoms with van der Waals surface area (Å²) in [4.78, 5) is 32.5. The van der Waals surface area contributed by atoms with E-state index in [-0.39, 0.29) is 5.56 Å². The van der Waals surface area contributed by atoms with Crippen LogP contribution in [-0.2, 0) is 19.4 Å². The van der Waals surface area contributed by atoms with E-state index in [0.29, 0.717) is 0 Å². The second-order valence-corrected chi connectivity index (χ2v) is 10.4. The molecule has 0 spiro atoms. The lowest BCUT2D eigenvalue weighted by Gasteiger charge is -2.35. The molecule has 3 aromatic heterocycles. The van der Waals surface area contributed by atoms with Gasteiger partial charge in [0.1, 0.15) is 16.5 Å². The normalized spacial score (nSPS) is 16.9. The molecule has 0 bridgehead atoms. The zero-order valence-corrected chi connectivity index (χ0v) is 20.2. The minimum Gasteiger partial charge on any atom is -0.354 e. The Hall–Kier alpha value is -2.81. The van der Waals surface area contributed by atoms with Crippen LogP contribution < -0.4 is 15.8 Å². The first-order valence-corrected chi connectivity index (χ1v) is 13.1. The summed E-state index contributed by atoms with van der Waals surface area (Å²) in [7, 11) is 0. The average molecular weight is 475 g/mol. The molecule has 0 atom stereocenters. The number of pyridine rings is 1. The van der Waals surface area contributed by atoms with Crippen LogP contribution in [-0.4, -0.2) is 59.1 Å². The van der Waals surface area contributed by atoms with Gasteiger partial charge in [-0.2, -0.15) is 0 Å². The molecule has 1 saturated heterocycles. The van der Waals surface area contributed by atoms with Gasteiger partial charge in [0.2, 0.25) is 0 Å². The van der Waals surface area contributed by atoms with Crippen LogP contribution in [0.2, 0.25) is 0 Å². The summed E-state index contributed by atoms with van der Waals surface area (Å²) in [5.74, 6) is 1.91. The molecule has 1 aromatic carbocycles. The van der Waals surface area contributed by atoms with Crippen molar-refractivity contribution in [3.8, 4) is 0 Å². The van der Waals surface area contributed by atoms with E-state index in [2.05, 4.69) is 50.4 Å². The molecule has 7 nitrogen and oxygen atoms in total. The molecule has 2 aliphatic rings. The Morgan fingerprint density at radius 3 is 2.79 bits per heavy atom. The Labute approximate surface area is 202 Å². The zero-order valence-electron chi connectivity index (χ0n) is 19.3. The molecule has 0 saturated carbocycles. The Morgan fingerprint density at radius 2 is 1.88 bits per heavy atom. The van der Waals surface area contributed by atoms with E-state index in [9.17, 15) is 4.79 Å². The van der Waals surface area contributed by atoms with Crippen LogP contribution in [0.15, 0.2) is 41.2 Å². The van der Waals surface area contributed by atoms with Gasteiger partial charge < -0.3 is 15.2 Å². The summed E-state index contributed by atoms with van der Waals surface area (Å²) in [5, 5.41) is 5.40. The van der Waals surface area contributed by atoms with Crippen molar-refractivity contribution in [1.82, 2.24) is 25.2 Å². The van der Waals surface area contributed by atoms with Crippen molar-refractivity contribution in [2.24, 2.45) is 0 Å². The monoisotopic (exact) mass is 474 g/mol. The molecule has 176 valence electrons. The molecule has 5 heterocycles. The van der Waals surface area contributed by atoms with Crippen LogP contribution in [0.5, 0.6) is 0 Å². The third-order valence-electron chi connectivity index (χ3n) is 7.05. The molecule has 1 fully saturated rings. The number of hydrogen-bond acceptors (Lipinski definition) is 7. The van der Waals surface area contributed by atoms with Crippen LogP contribution >= 0.6 is 11.3 Å². The lowest BCUT2D eigenvalue weighted by molar-refractivity contribution is 0.252. The molecule has 6 rings (SSSR count). The minimum atomic E-state index is 0.0396. The number of piperazine rings is 1. The number of aromatic amines is 1. The summed E-state index contributed by atoms with van der Waals surface area (Å²) in [6, 6.07) is 12.6. The number of nitrogens with zero attached hydrogens (tertiary/aromatic N) is 4. The first kappa shape index (κ1) is 21.7. The number of rotatable bonds is 6. The van der Waals surface area contributed by atoms with Crippen molar-refractivity contribution < 1.29 is 0 Å². The molecule has 0 radical (unpaired) electrons. The van der Waals surface area contributed by atoms with E-state index in [0.717, 1.165) is 98.9 Å². The van der Waals surface area contributed by atoms with Gasteiger partial charge in [0.15, 0.2) is 0 Å². The number of benzene rings is 1. The molecule has 0 unspecified atom stereocenters. The SMILES string of the molecule is O=c1[nH]c(CCCCN2CCN(c3ccc4ccccc4n3)CC2)nc2sc3c(c12)CCNC3. The number of aryl methyl sites for hydroxylation is 1. The highest BCUT2D eigenvalue weighted by atomic mass is 32.1. The fourth-order valence-electron chi connectivity index (χ4n) is 5.16. The maximum Gasteiger partial charge on any atom is 0.259 e. The first-order valence-electron chi connectivity index (χ1n) is 12.3. The topological polar surface area (TPSA) is 77.2 Å². The van der Waals surface area contributed by atoms with Crippen molar-refractivity contribution in [2.75, 3.05) is 44.2 Å². The van der Waals surface area contributed by atoms with Gasteiger partial charge in [-0.05, 0) is 56.1 Å². The fraction of sp³-hybridized carbons (Fsp3) is 0.423. The van der Waals surface area contributed by atoms with E-state index in [1.165, 1.54) is 15.8 Å². The van der Waals surface area contributed by atoms with Gasteiger partial charge in [-0.15, -0.1) is 11.3 Å². The van der Waals surface area contributed by atoms with Crippen molar-refractivity contribution in [3.63, 3.8) is 0 Å². The molecule has 4 aromatic rings. The molecule has 0 aliphatic carbocycles. The van der Waals surface area contributed by atoms with Gasteiger partial charge in [0.25, 0.3) is 5.56 Å². The largest absolute Gasteiger partial charge is 0.354 e. The highest BCUT2D eigenvalue weighted by Crippen LogP contribution is 2.29. The number of hydrogen-bond donors (Lipinski definition) is 2. The average Bonchev–Trinajstić information content (AvgIpc) is 3.26. The number of thiophene rings is 1. The van der Waals surface area contributed by atoms with Gasteiger partial charge in [-0.25, -0.2) is 9.97 Å². The van der Waals surface area contributed by atoms with Crippen LogP contribution in [0.4, 0.5) is 5.82 Å².